The topological polar surface area (TPSA) is 32.3 Å². The molecule has 0 atom stereocenters. The summed E-state index contributed by atoms with van der Waals surface area (Å²) in [5.41, 5.74) is 0. The molecule has 0 spiro atoms. The molecular formula is C12H20F2N2O. The Bertz CT molecular complexity index is 268. The van der Waals surface area contributed by atoms with E-state index in [1.54, 1.807) is 4.90 Å². The monoisotopic (exact) mass is 246 g/mol. The van der Waals surface area contributed by atoms with Crippen LogP contribution in [-0.2, 0) is 4.79 Å². The Morgan fingerprint density at radius 3 is 2.41 bits per heavy atom. The first-order valence-corrected chi connectivity index (χ1v) is 6.43. The summed E-state index contributed by atoms with van der Waals surface area (Å²) in [6.07, 6.45) is 2.23. The zero-order valence-electron chi connectivity index (χ0n) is 10.1. The number of likely N-dealkylation sites (tertiary alicyclic amines) is 1. The first-order chi connectivity index (χ1) is 8.07. The molecule has 0 aromatic heterocycles. The molecule has 2 heterocycles. The lowest BCUT2D eigenvalue weighted by Crippen LogP contribution is -2.43. The van der Waals surface area contributed by atoms with Gasteiger partial charge in [0.05, 0.1) is 0 Å². The first kappa shape index (κ1) is 12.7. The van der Waals surface area contributed by atoms with Gasteiger partial charge in [0.2, 0.25) is 5.91 Å². The fraction of sp³-hybridized carbons (Fsp3) is 0.917. The van der Waals surface area contributed by atoms with Gasteiger partial charge >= 0.3 is 0 Å². The van der Waals surface area contributed by atoms with Crippen molar-refractivity contribution in [3.8, 4) is 0 Å². The minimum atomic E-state index is -2.56. The van der Waals surface area contributed by atoms with E-state index >= 15 is 0 Å². The van der Waals surface area contributed by atoms with Gasteiger partial charge in [-0.05, 0) is 31.8 Å². The number of carbonyl (C=O) groups is 1. The Kier molecular flexibility index (Phi) is 3.97. The van der Waals surface area contributed by atoms with Crippen molar-refractivity contribution in [2.24, 2.45) is 5.92 Å². The molecule has 3 nitrogen and oxygen atoms in total. The summed E-state index contributed by atoms with van der Waals surface area (Å²) in [5, 5.41) is 3.25. The van der Waals surface area contributed by atoms with Gasteiger partial charge in [0.15, 0.2) is 0 Å². The molecule has 0 radical (unpaired) electrons. The molecule has 0 unspecified atom stereocenters. The third-order valence-corrected chi connectivity index (χ3v) is 3.77. The Morgan fingerprint density at radius 2 is 1.82 bits per heavy atom. The molecule has 0 bridgehead atoms. The quantitative estimate of drug-likeness (QED) is 0.803. The fourth-order valence-corrected chi connectivity index (χ4v) is 2.55. The van der Waals surface area contributed by atoms with Gasteiger partial charge in [0.25, 0.3) is 5.92 Å². The zero-order chi connectivity index (χ0) is 12.3. The van der Waals surface area contributed by atoms with E-state index in [1.165, 1.54) is 0 Å². The molecule has 0 saturated carbocycles. The lowest BCUT2D eigenvalue weighted by molar-refractivity contribution is -0.138. The Labute approximate surface area is 101 Å². The van der Waals surface area contributed by atoms with Gasteiger partial charge in [-0.25, -0.2) is 8.78 Å². The molecule has 1 amide bonds. The number of hydrogen-bond donors (Lipinski definition) is 1. The van der Waals surface area contributed by atoms with Crippen LogP contribution < -0.4 is 5.32 Å². The number of alkyl halides is 2. The van der Waals surface area contributed by atoms with Gasteiger partial charge in [-0.1, -0.05) is 0 Å². The SMILES string of the molecule is O=C(CC1CCNCC1)N1CCC(F)(F)CC1. The van der Waals surface area contributed by atoms with Gasteiger partial charge in [0.1, 0.15) is 0 Å². The van der Waals surface area contributed by atoms with Gasteiger partial charge in [0, 0.05) is 32.4 Å². The van der Waals surface area contributed by atoms with Crippen LogP contribution in [-0.4, -0.2) is 42.9 Å². The molecule has 2 saturated heterocycles. The molecular weight excluding hydrogens is 226 g/mol. The summed E-state index contributed by atoms with van der Waals surface area (Å²) in [4.78, 5) is 13.5. The Balaban J connectivity index is 1.76. The third kappa shape index (κ3) is 3.63. The summed E-state index contributed by atoms with van der Waals surface area (Å²) in [5.74, 6) is -2.07. The summed E-state index contributed by atoms with van der Waals surface area (Å²) in [6.45, 7) is 2.37. The van der Waals surface area contributed by atoms with Crippen LogP contribution >= 0.6 is 0 Å². The first-order valence-electron chi connectivity index (χ1n) is 6.43. The van der Waals surface area contributed by atoms with Crippen LogP contribution in [0.15, 0.2) is 0 Å². The maximum atomic E-state index is 13.0. The van der Waals surface area contributed by atoms with E-state index in [-0.39, 0.29) is 31.8 Å². The second-order valence-electron chi connectivity index (χ2n) is 5.13. The summed E-state index contributed by atoms with van der Waals surface area (Å²) in [6, 6.07) is 0. The van der Waals surface area contributed by atoms with E-state index in [4.69, 9.17) is 0 Å². The minimum absolute atomic E-state index is 0.0624. The average molecular weight is 246 g/mol. The fourth-order valence-electron chi connectivity index (χ4n) is 2.55. The predicted octanol–water partition coefficient (Wildman–Crippen LogP) is 1.63. The highest BCUT2D eigenvalue weighted by Crippen LogP contribution is 2.28. The number of amides is 1. The van der Waals surface area contributed by atoms with Crippen molar-refractivity contribution in [2.45, 2.75) is 38.0 Å². The highest BCUT2D eigenvalue weighted by Gasteiger charge is 2.35. The lowest BCUT2D eigenvalue weighted by Gasteiger charge is -2.33. The third-order valence-electron chi connectivity index (χ3n) is 3.77. The number of hydrogen-bond acceptors (Lipinski definition) is 2. The molecule has 98 valence electrons. The largest absolute Gasteiger partial charge is 0.342 e. The second-order valence-corrected chi connectivity index (χ2v) is 5.13. The molecule has 1 N–H and O–H groups in total. The summed E-state index contributed by atoms with van der Waals surface area (Å²) < 4.78 is 25.9. The highest BCUT2D eigenvalue weighted by molar-refractivity contribution is 5.76. The standard InChI is InChI=1S/C12H20F2N2O/c13-12(14)3-7-16(8-4-12)11(17)9-10-1-5-15-6-2-10/h10,15H,1-9H2. The lowest BCUT2D eigenvalue weighted by atomic mass is 9.93. The zero-order valence-corrected chi connectivity index (χ0v) is 10.1. The number of halogens is 2. The molecule has 2 aliphatic heterocycles. The van der Waals surface area contributed by atoms with E-state index in [0.717, 1.165) is 25.9 Å². The van der Waals surface area contributed by atoms with Crippen LogP contribution in [0.1, 0.15) is 32.1 Å². The summed E-state index contributed by atoms with van der Waals surface area (Å²) in [7, 11) is 0. The van der Waals surface area contributed by atoms with E-state index in [9.17, 15) is 13.6 Å². The van der Waals surface area contributed by atoms with Crippen LogP contribution in [0.25, 0.3) is 0 Å². The molecule has 2 rings (SSSR count). The summed E-state index contributed by atoms with van der Waals surface area (Å²) >= 11 is 0. The molecule has 5 heteroatoms. The number of nitrogens with one attached hydrogen (secondary N) is 1. The van der Waals surface area contributed by atoms with Crippen molar-refractivity contribution >= 4 is 5.91 Å². The average Bonchev–Trinajstić information content (AvgIpc) is 2.30. The number of rotatable bonds is 2. The van der Waals surface area contributed by atoms with Gasteiger partial charge in [-0.15, -0.1) is 0 Å². The van der Waals surface area contributed by atoms with Crippen LogP contribution in [0.4, 0.5) is 8.78 Å². The number of nitrogens with zero attached hydrogens (tertiary/aromatic N) is 1. The number of piperidine rings is 2. The van der Waals surface area contributed by atoms with E-state index in [1.807, 2.05) is 0 Å². The van der Waals surface area contributed by atoms with Crippen molar-refractivity contribution in [3.63, 3.8) is 0 Å². The Hall–Kier alpha value is -0.710. The highest BCUT2D eigenvalue weighted by atomic mass is 19.3. The minimum Gasteiger partial charge on any atom is -0.342 e. The van der Waals surface area contributed by atoms with Gasteiger partial charge < -0.3 is 10.2 Å². The molecule has 2 aliphatic rings. The van der Waals surface area contributed by atoms with Crippen molar-refractivity contribution in [1.82, 2.24) is 10.2 Å². The normalized spacial score (nSPS) is 25.9. The van der Waals surface area contributed by atoms with E-state index in [0.29, 0.717) is 12.3 Å². The van der Waals surface area contributed by atoms with Crippen LogP contribution in [0.5, 0.6) is 0 Å². The van der Waals surface area contributed by atoms with Gasteiger partial charge in [-0.3, -0.25) is 4.79 Å². The van der Waals surface area contributed by atoms with Crippen molar-refractivity contribution in [3.05, 3.63) is 0 Å². The maximum Gasteiger partial charge on any atom is 0.251 e. The van der Waals surface area contributed by atoms with Crippen LogP contribution in [0.2, 0.25) is 0 Å². The second kappa shape index (κ2) is 5.29. The maximum absolute atomic E-state index is 13.0. The number of carbonyl (C=O) groups excluding carboxylic acids is 1. The van der Waals surface area contributed by atoms with Crippen LogP contribution in [0, 0.1) is 5.92 Å². The molecule has 17 heavy (non-hydrogen) atoms. The Morgan fingerprint density at radius 1 is 1.24 bits per heavy atom. The van der Waals surface area contributed by atoms with Crippen LogP contribution in [0.3, 0.4) is 0 Å². The molecule has 0 aromatic carbocycles. The van der Waals surface area contributed by atoms with E-state index in [2.05, 4.69) is 5.32 Å². The van der Waals surface area contributed by atoms with Gasteiger partial charge in [-0.2, -0.15) is 0 Å². The van der Waals surface area contributed by atoms with Crippen molar-refractivity contribution < 1.29 is 13.6 Å². The van der Waals surface area contributed by atoms with Crippen molar-refractivity contribution in [1.29, 1.82) is 0 Å². The smallest absolute Gasteiger partial charge is 0.251 e. The van der Waals surface area contributed by atoms with Crippen molar-refractivity contribution in [2.75, 3.05) is 26.2 Å². The molecule has 0 aliphatic carbocycles. The van der Waals surface area contributed by atoms with E-state index < -0.39 is 5.92 Å². The molecule has 2 fully saturated rings. The predicted molar refractivity (Wildman–Crippen MR) is 61.0 cm³/mol. The molecule has 0 aromatic rings.